The molecule has 0 radical (unpaired) electrons. The lowest BCUT2D eigenvalue weighted by atomic mass is 9.96. The van der Waals surface area contributed by atoms with E-state index in [1.807, 2.05) is 0 Å². The minimum Gasteiger partial charge on any atom is -0.394 e. The molecule has 1 amide bonds. The van der Waals surface area contributed by atoms with Gasteiger partial charge in [-0.2, -0.15) is 0 Å². The number of hydrogen-bond acceptors (Lipinski definition) is 18. The van der Waals surface area contributed by atoms with E-state index < -0.39 is 124 Å². The third-order valence-corrected chi connectivity index (χ3v) is 22.9. The molecule has 0 aromatic heterocycles. The molecule has 650 valence electrons. The van der Waals surface area contributed by atoms with Crippen LogP contribution in [-0.4, -0.2) is 193 Å². The van der Waals surface area contributed by atoms with Crippen molar-refractivity contribution in [3.05, 3.63) is 60.8 Å². The third-order valence-electron chi connectivity index (χ3n) is 22.9. The molecule has 17 unspecified atom stereocenters. The highest BCUT2D eigenvalue weighted by molar-refractivity contribution is 5.76. The standard InChI is InChI=1S/C92H169NO18/c1-3-5-7-9-11-13-15-17-19-21-23-25-27-29-31-33-34-35-36-37-38-39-40-42-44-46-48-50-52-54-56-58-60-62-64-66-68-70-80(98)93-75(76(97)69-67-65-63-61-59-57-55-53-51-49-47-45-43-41-32-30-28-26-24-22-20-18-16-14-12-10-8-6-4-2)74-106-90-86(104)83(101)88(78(72-95)108-90)111-92-87(105)84(102)89(79(73-96)109-92)110-91-85(103)82(100)81(99)77(71-94)107-91/h5,7,11,13,17,19,23,25,29,31,75-79,81-92,94-97,99-105H,3-4,6,8-10,12,14-16,18,20-22,24,26-28,30,32-74H2,1-2H3,(H,93,98)/b7-5-,13-11-,19-17-,25-23-,31-29-. The molecule has 19 heteroatoms. The fourth-order valence-corrected chi connectivity index (χ4v) is 15.6. The molecule has 3 rings (SSSR count). The molecule has 17 atom stereocenters. The highest BCUT2D eigenvalue weighted by Gasteiger charge is 2.54. The summed E-state index contributed by atoms with van der Waals surface area (Å²) >= 11 is 0. The molecule has 19 nitrogen and oxygen atoms in total. The first-order valence-corrected chi connectivity index (χ1v) is 46.0. The van der Waals surface area contributed by atoms with Gasteiger partial charge in [-0.05, 0) is 57.8 Å². The lowest BCUT2D eigenvalue weighted by Crippen LogP contribution is -2.66. The Morgan fingerprint density at radius 1 is 0.333 bits per heavy atom. The van der Waals surface area contributed by atoms with Crippen molar-refractivity contribution in [2.75, 3.05) is 26.4 Å². The number of ether oxygens (including phenoxy) is 6. The average molecular weight is 1580 g/mol. The summed E-state index contributed by atoms with van der Waals surface area (Å²) in [7, 11) is 0. The van der Waals surface area contributed by atoms with Gasteiger partial charge in [-0.1, -0.05) is 383 Å². The summed E-state index contributed by atoms with van der Waals surface area (Å²) in [6, 6.07) is -0.889. The van der Waals surface area contributed by atoms with Crippen LogP contribution in [0.25, 0.3) is 0 Å². The van der Waals surface area contributed by atoms with Gasteiger partial charge in [0.1, 0.15) is 73.2 Å². The molecule has 3 aliphatic heterocycles. The van der Waals surface area contributed by atoms with E-state index in [-0.39, 0.29) is 18.9 Å². The number of amides is 1. The summed E-state index contributed by atoms with van der Waals surface area (Å²) in [6.07, 6.45) is 67.6. The van der Waals surface area contributed by atoms with Gasteiger partial charge in [0.25, 0.3) is 0 Å². The summed E-state index contributed by atoms with van der Waals surface area (Å²) in [5, 5.41) is 121. The molecular weight excluding hydrogens is 1410 g/mol. The van der Waals surface area contributed by atoms with Crippen LogP contribution in [0.2, 0.25) is 0 Å². The maximum Gasteiger partial charge on any atom is 0.220 e. The number of unbranched alkanes of at least 4 members (excludes halogenated alkanes) is 49. The molecule has 0 aromatic carbocycles. The van der Waals surface area contributed by atoms with Crippen LogP contribution in [0, 0.1) is 0 Å². The van der Waals surface area contributed by atoms with E-state index >= 15 is 0 Å². The topological polar surface area (TPSA) is 307 Å². The molecule has 3 saturated heterocycles. The van der Waals surface area contributed by atoms with Gasteiger partial charge in [-0.15, -0.1) is 0 Å². The summed E-state index contributed by atoms with van der Waals surface area (Å²) in [4.78, 5) is 13.6. The molecule has 0 aliphatic carbocycles. The van der Waals surface area contributed by atoms with Gasteiger partial charge < -0.3 is 89.9 Å². The predicted octanol–water partition coefficient (Wildman–Crippen LogP) is 17.7. The molecule has 0 saturated carbocycles. The first-order chi connectivity index (χ1) is 54.3. The van der Waals surface area contributed by atoms with Crippen molar-refractivity contribution < 1.29 is 89.4 Å². The van der Waals surface area contributed by atoms with Gasteiger partial charge in [0, 0.05) is 6.42 Å². The van der Waals surface area contributed by atoms with E-state index in [1.54, 1.807) is 0 Å². The number of allylic oxidation sites excluding steroid dienone is 10. The molecule has 0 aromatic rings. The smallest absolute Gasteiger partial charge is 0.220 e. The van der Waals surface area contributed by atoms with Crippen LogP contribution in [0.1, 0.15) is 386 Å². The predicted molar refractivity (Wildman–Crippen MR) is 448 cm³/mol. The van der Waals surface area contributed by atoms with Crippen molar-refractivity contribution in [3.8, 4) is 0 Å². The van der Waals surface area contributed by atoms with Crippen molar-refractivity contribution >= 4 is 5.91 Å². The highest BCUT2D eigenvalue weighted by Crippen LogP contribution is 2.34. The number of nitrogens with one attached hydrogen (secondary N) is 1. The maximum absolute atomic E-state index is 13.6. The molecule has 3 aliphatic rings. The lowest BCUT2D eigenvalue weighted by molar-refractivity contribution is -0.379. The Bertz CT molecular complexity index is 2230. The summed E-state index contributed by atoms with van der Waals surface area (Å²) in [6.45, 7) is 1.75. The second-order valence-electron chi connectivity index (χ2n) is 32.7. The Hall–Kier alpha value is -2.51. The Morgan fingerprint density at radius 2 is 0.622 bits per heavy atom. The maximum atomic E-state index is 13.6. The van der Waals surface area contributed by atoms with Crippen LogP contribution in [0.3, 0.4) is 0 Å². The summed E-state index contributed by atoms with van der Waals surface area (Å²) in [5.41, 5.74) is 0. The van der Waals surface area contributed by atoms with Crippen LogP contribution in [0.5, 0.6) is 0 Å². The molecule has 0 bridgehead atoms. The zero-order chi connectivity index (χ0) is 80.3. The average Bonchev–Trinajstić information content (AvgIpc) is 0.779. The summed E-state index contributed by atoms with van der Waals surface area (Å²) < 4.78 is 34.6. The number of hydrogen-bond donors (Lipinski definition) is 12. The lowest BCUT2D eigenvalue weighted by Gasteiger charge is -2.48. The Balaban J connectivity index is 1.30. The number of aliphatic hydroxyl groups is 11. The molecule has 3 heterocycles. The van der Waals surface area contributed by atoms with Crippen molar-refractivity contribution in [1.82, 2.24) is 5.32 Å². The van der Waals surface area contributed by atoms with Crippen LogP contribution in [0.15, 0.2) is 60.8 Å². The SMILES string of the molecule is CC/C=C\C/C=C\C/C=C\C/C=C\C/C=C\CCCCCCCCCCCCCCCCCCCCCCCC(=O)NC(COC1OC(CO)C(OC2OC(CO)C(OC3OC(CO)C(O)C(O)C3O)C(O)C2O)C(O)C1O)C(O)CCCCCCCCCCCCCCCCCCCCCCCCCCCCCCC. The Kier molecular flexibility index (Phi) is 66.2. The van der Waals surface area contributed by atoms with Gasteiger partial charge in [0.15, 0.2) is 18.9 Å². The zero-order valence-corrected chi connectivity index (χ0v) is 70.2. The van der Waals surface area contributed by atoms with Gasteiger partial charge >= 0.3 is 0 Å². The first kappa shape index (κ1) is 103. The minimum atomic E-state index is -1.97. The molecule has 12 N–H and O–H groups in total. The van der Waals surface area contributed by atoms with E-state index in [2.05, 4.69) is 79.9 Å². The monoisotopic (exact) mass is 1580 g/mol. The second kappa shape index (κ2) is 71.6. The summed E-state index contributed by atoms with van der Waals surface area (Å²) in [5.74, 6) is -0.235. The molecule has 0 spiro atoms. The zero-order valence-electron chi connectivity index (χ0n) is 70.2. The fraction of sp³-hybridized carbons (Fsp3) is 0.880. The fourth-order valence-electron chi connectivity index (χ4n) is 15.6. The van der Waals surface area contributed by atoms with E-state index in [1.165, 1.54) is 276 Å². The van der Waals surface area contributed by atoms with Gasteiger partial charge in [-0.25, -0.2) is 0 Å². The van der Waals surface area contributed by atoms with Crippen LogP contribution in [0.4, 0.5) is 0 Å². The quantitative estimate of drug-likeness (QED) is 0.0199. The molecule has 3 fully saturated rings. The van der Waals surface area contributed by atoms with Gasteiger partial charge in [0.05, 0.1) is 38.6 Å². The normalized spacial score (nSPS) is 25.3. The minimum absolute atomic E-state index is 0.235. The van der Waals surface area contributed by atoms with Crippen LogP contribution < -0.4 is 5.32 Å². The third kappa shape index (κ3) is 50.1. The van der Waals surface area contributed by atoms with E-state index in [0.717, 1.165) is 77.0 Å². The van der Waals surface area contributed by atoms with Crippen molar-refractivity contribution in [2.24, 2.45) is 0 Å². The Morgan fingerprint density at radius 3 is 0.973 bits per heavy atom. The molecule has 111 heavy (non-hydrogen) atoms. The van der Waals surface area contributed by atoms with Crippen molar-refractivity contribution in [1.29, 1.82) is 0 Å². The molecular formula is C92H169NO18. The number of aliphatic hydroxyl groups excluding tert-OH is 11. The van der Waals surface area contributed by atoms with E-state index in [4.69, 9.17) is 28.4 Å². The van der Waals surface area contributed by atoms with Gasteiger partial charge in [0.2, 0.25) is 5.91 Å². The Labute approximate surface area is 675 Å². The number of carbonyl (C=O) groups excluding carboxylic acids is 1. The van der Waals surface area contributed by atoms with Crippen molar-refractivity contribution in [2.45, 2.75) is 491 Å². The van der Waals surface area contributed by atoms with Crippen molar-refractivity contribution in [3.63, 3.8) is 0 Å². The number of carbonyl (C=O) groups is 1. The largest absolute Gasteiger partial charge is 0.394 e. The van der Waals surface area contributed by atoms with Crippen LogP contribution >= 0.6 is 0 Å². The van der Waals surface area contributed by atoms with E-state index in [9.17, 15) is 61.0 Å². The van der Waals surface area contributed by atoms with E-state index in [0.29, 0.717) is 12.8 Å². The van der Waals surface area contributed by atoms with Crippen LogP contribution in [-0.2, 0) is 33.2 Å². The number of rotatable bonds is 75. The highest BCUT2D eigenvalue weighted by atomic mass is 16.8. The first-order valence-electron chi connectivity index (χ1n) is 46.0. The van der Waals surface area contributed by atoms with Gasteiger partial charge in [-0.3, -0.25) is 4.79 Å². The second-order valence-corrected chi connectivity index (χ2v) is 32.7.